The van der Waals surface area contributed by atoms with Gasteiger partial charge in [-0.1, -0.05) is 32.0 Å². The molecule has 0 atom stereocenters. The van der Waals surface area contributed by atoms with E-state index in [9.17, 15) is 9.59 Å². The minimum absolute atomic E-state index is 0.107. The Morgan fingerprint density at radius 3 is 2.40 bits per heavy atom. The van der Waals surface area contributed by atoms with Crippen LogP contribution in [-0.2, 0) is 9.53 Å². The van der Waals surface area contributed by atoms with Crippen molar-refractivity contribution < 1.29 is 14.3 Å². The molecule has 0 radical (unpaired) electrons. The van der Waals surface area contributed by atoms with E-state index in [1.165, 1.54) is 0 Å². The van der Waals surface area contributed by atoms with Gasteiger partial charge in [-0.2, -0.15) is 5.10 Å². The van der Waals surface area contributed by atoms with Gasteiger partial charge in [-0.15, -0.1) is 0 Å². The van der Waals surface area contributed by atoms with Crippen LogP contribution in [0, 0.1) is 13.8 Å². The molecule has 2 aromatic rings. The molecule has 6 nitrogen and oxygen atoms in total. The second kappa shape index (κ2) is 8.46. The van der Waals surface area contributed by atoms with Crippen molar-refractivity contribution in [2.45, 2.75) is 46.6 Å². The molecule has 134 valence electrons. The number of rotatable bonds is 7. The van der Waals surface area contributed by atoms with Gasteiger partial charge in [0.15, 0.2) is 6.61 Å². The molecule has 25 heavy (non-hydrogen) atoms. The monoisotopic (exact) mass is 343 g/mol. The van der Waals surface area contributed by atoms with Gasteiger partial charge in [0.1, 0.15) is 5.56 Å². The largest absolute Gasteiger partial charge is 0.452 e. The second-order valence-electron chi connectivity index (χ2n) is 5.95. The first-order chi connectivity index (χ1) is 12.0. The molecular formula is C19H25N3O3. The Bertz CT molecular complexity index is 734. The summed E-state index contributed by atoms with van der Waals surface area (Å²) in [5.74, 6) is -0.815. The zero-order valence-corrected chi connectivity index (χ0v) is 15.2. The molecule has 1 N–H and O–H groups in total. The van der Waals surface area contributed by atoms with Crippen LogP contribution in [0.5, 0.6) is 0 Å². The topological polar surface area (TPSA) is 73.2 Å². The Morgan fingerprint density at radius 2 is 1.80 bits per heavy atom. The summed E-state index contributed by atoms with van der Waals surface area (Å²) in [6, 6.07) is 9.67. The number of carbonyl (C=O) groups is 2. The molecule has 0 fully saturated rings. The summed E-state index contributed by atoms with van der Waals surface area (Å²) >= 11 is 0. The second-order valence-corrected chi connectivity index (χ2v) is 5.95. The first kappa shape index (κ1) is 18.7. The van der Waals surface area contributed by atoms with Crippen LogP contribution < -0.4 is 5.32 Å². The summed E-state index contributed by atoms with van der Waals surface area (Å²) in [7, 11) is 0. The molecule has 0 saturated heterocycles. The highest BCUT2D eigenvalue weighted by Gasteiger charge is 2.21. The Balaban J connectivity index is 2.08. The van der Waals surface area contributed by atoms with Gasteiger partial charge in [-0.05, 0) is 38.8 Å². The maximum absolute atomic E-state index is 12.4. The molecule has 0 aliphatic rings. The summed E-state index contributed by atoms with van der Waals surface area (Å²) in [6.45, 7) is 7.29. The fraction of sp³-hybridized carbons (Fsp3) is 0.421. The van der Waals surface area contributed by atoms with Gasteiger partial charge >= 0.3 is 5.97 Å². The van der Waals surface area contributed by atoms with Crippen LogP contribution in [0.25, 0.3) is 5.69 Å². The minimum atomic E-state index is -0.531. The molecular weight excluding hydrogens is 318 g/mol. The number of amides is 1. The average molecular weight is 343 g/mol. The highest BCUT2D eigenvalue weighted by Crippen LogP contribution is 2.18. The fourth-order valence-electron chi connectivity index (χ4n) is 2.72. The molecule has 1 heterocycles. The molecule has 0 aliphatic heterocycles. The third-order valence-corrected chi connectivity index (χ3v) is 4.18. The maximum Gasteiger partial charge on any atom is 0.342 e. The lowest BCUT2D eigenvalue weighted by Gasteiger charge is -2.14. The van der Waals surface area contributed by atoms with Gasteiger partial charge in [0.25, 0.3) is 5.91 Å². The third kappa shape index (κ3) is 4.47. The lowest BCUT2D eigenvalue weighted by Crippen LogP contribution is -2.36. The fourth-order valence-corrected chi connectivity index (χ4v) is 2.72. The van der Waals surface area contributed by atoms with Crippen molar-refractivity contribution in [2.24, 2.45) is 0 Å². The number of benzene rings is 1. The number of carbonyl (C=O) groups excluding carboxylic acids is 2. The zero-order chi connectivity index (χ0) is 18.4. The average Bonchev–Trinajstić information content (AvgIpc) is 2.92. The minimum Gasteiger partial charge on any atom is -0.452 e. The van der Waals surface area contributed by atoms with Gasteiger partial charge < -0.3 is 10.1 Å². The molecule has 1 aromatic heterocycles. The van der Waals surface area contributed by atoms with E-state index in [0.717, 1.165) is 18.5 Å². The van der Waals surface area contributed by atoms with Crippen molar-refractivity contribution in [3.63, 3.8) is 0 Å². The number of hydrogen-bond acceptors (Lipinski definition) is 4. The van der Waals surface area contributed by atoms with Crippen LogP contribution in [0.4, 0.5) is 0 Å². The highest BCUT2D eigenvalue weighted by atomic mass is 16.5. The molecule has 1 amide bonds. The molecule has 0 spiro atoms. The first-order valence-corrected chi connectivity index (χ1v) is 8.56. The number of nitrogens with one attached hydrogen (secondary N) is 1. The predicted molar refractivity (Wildman–Crippen MR) is 95.8 cm³/mol. The van der Waals surface area contributed by atoms with Crippen molar-refractivity contribution in [3.05, 3.63) is 47.3 Å². The summed E-state index contributed by atoms with van der Waals surface area (Å²) in [5, 5.41) is 7.27. The summed E-state index contributed by atoms with van der Waals surface area (Å²) < 4.78 is 6.89. The number of esters is 1. The van der Waals surface area contributed by atoms with Gasteiger partial charge in [0.05, 0.1) is 17.1 Å². The van der Waals surface area contributed by atoms with Gasteiger partial charge in [0, 0.05) is 6.04 Å². The molecule has 0 saturated carbocycles. The van der Waals surface area contributed by atoms with Crippen LogP contribution in [0.1, 0.15) is 48.4 Å². The Hall–Kier alpha value is -2.63. The number of aromatic nitrogens is 2. The molecule has 1 aromatic carbocycles. The van der Waals surface area contributed by atoms with E-state index in [2.05, 4.69) is 10.4 Å². The van der Waals surface area contributed by atoms with E-state index < -0.39 is 5.97 Å². The smallest absolute Gasteiger partial charge is 0.342 e. The Morgan fingerprint density at radius 1 is 1.16 bits per heavy atom. The number of hydrogen-bond donors (Lipinski definition) is 1. The van der Waals surface area contributed by atoms with Gasteiger partial charge in [-0.3, -0.25) is 4.79 Å². The van der Waals surface area contributed by atoms with Crippen molar-refractivity contribution >= 4 is 11.9 Å². The van der Waals surface area contributed by atoms with E-state index in [1.807, 2.05) is 51.1 Å². The summed E-state index contributed by atoms with van der Waals surface area (Å²) in [5.41, 5.74) is 2.54. The predicted octanol–water partition coefficient (Wildman–Crippen LogP) is 2.95. The Labute approximate surface area is 148 Å². The Kier molecular flexibility index (Phi) is 6.33. The molecule has 0 unspecified atom stereocenters. The van der Waals surface area contributed by atoms with Crippen LogP contribution in [0.2, 0.25) is 0 Å². The zero-order valence-electron chi connectivity index (χ0n) is 15.2. The van der Waals surface area contributed by atoms with E-state index in [1.54, 1.807) is 11.6 Å². The molecule has 6 heteroatoms. The first-order valence-electron chi connectivity index (χ1n) is 8.56. The van der Waals surface area contributed by atoms with E-state index in [4.69, 9.17) is 4.74 Å². The number of para-hydroxylation sites is 1. The van der Waals surface area contributed by atoms with Crippen molar-refractivity contribution in [3.8, 4) is 5.69 Å². The summed E-state index contributed by atoms with van der Waals surface area (Å²) in [6.07, 6.45) is 1.69. The van der Waals surface area contributed by atoms with E-state index in [-0.39, 0.29) is 18.6 Å². The maximum atomic E-state index is 12.4. The quantitative estimate of drug-likeness (QED) is 0.785. The lowest BCUT2D eigenvalue weighted by molar-refractivity contribution is -0.125. The third-order valence-electron chi connectivity index (χ3n) is 4.18. The SMILES string of the molecule is CCC(CC)NC(=O)COC(=O)c1c(C)nn(-c2ccccc2)c1C. The molecule has 0 bridgehead atoms. The molecule has 0 aliphatic carbocycles. The van der Waals surface area contributed by atoms with Crippen molar-refractivity contribution in [1.29, 1.82) is 0 Å². The van der Waals surface area contributed by atoms with Crippen LogP contribution in [0.15, 0.2) is 30.3 Å². The summed E-state index contributed by atoms with van der Waals surface area (Å²) in [4.78, 5) is 24.3. The van der Waals surface area contributed by atoms with Gasteiger partial charge in [-0.25, -0.2) is 9.48 Å². The van der Waals surface area contributed by atoms with Crippen LogP contribution in [-0.4, -0.2) is 34.3 Å². The van der Waals surface area contributed by atoms with Crippen molar-refractivity contribution in [1.82, 2.24) is 15.1 Å². The van der Waals surface area contributed by atoms with Gasteiger partial charge in [0.2, 0.25) is 0 Å². The highest BCUT2D eigenvalue weighted by molar-refractivity contribution is 5.93. The number of aryl methyl sites for hydroxylation is 1. The number of nitrogens with zero attached hydrogens (tertiary/aromatic N) is 2. The molecule has 2 rings (SSSR count). The van der Waals surface area contributed by atoms with E-state index >= 15 is 0 Å². The van der Waals surface area contributed by atoms with Crippen LogP contribution >= 0.6 is 0 Å². The lowest BCUT2D eigenvalue weighted by atomic mass is 10.2. The standard InChI is InChI=1S/C19H25N3O3/c1-5-15(6-2)20-17(23)12-25-19(24)18-13(3)21-22(14(18)4)16-10-8-7-9-11-16/h7-11,15H,5-6,12H2,1-4H3,(H,20,23). The number of ether oxygens (including phenoxy) is 1. The normalized spacial score (nSPS) is 10.8. The van der Waals surface area contributed by atoms with E-state index in [0.29, 0.717) is 17.0 Å². The van der Waals surface area contributed by atoms with Crippen LogP contribution in [0.3, 0.4) is 0 Å². The van der Waals surface area contributed by atoms with Crippen molar-refractivity contribution in [2.75, 3.05) is 6.61 Å².